The molecular weight excluding hydrogens is 401 g/mol. The SMILES string of the molecule is O=P([O-])(CNS(=O)(=O)c1cccs1)Oc1c(F)cc(F)cc1F.[Na+]. The van der Waals surface area contributed by atoms with Crippen molar-refractivity contribution < 1.29 is 65.1 Å². The number of hydrogen-bond acceptors (Lipinski definition) is 6. The summed E-state index contributed by atoms with van der Waals surface area (Å²) in [5.41, 5.74) is 0. The maximum absolute atomic E-state index is 13.3. The predicted molar refractivity (Wildman–Crippen MR) is 74.1 cm³/mol. The van der Waals surface area contributed by atoms with Crippen LogP contribution in [0.3, 0.4) is 0 Å². The van der Waals surface area contributed by atoms with Crippen molar-refractivity contribution in [2.45, 2.75) is 4.21 Å². The Bertz CT molecular complexity index is 840. The maximum atomic E-state index is 13.3. The summed E-state index contributed by atoms with van der Waals surface area (Å²) < 4.78 is 80.4. The van der Waals surface area contributed by atoms with Crippen molar-refractivity contribution in [3.63, 3.8) is 0 Å². The van der Waals surface area contributed by atoms with Crippen LogP contribution in [-0.2, 0) is 14.6 Å². The Kier molecular flexibility index (Phi) is 7.51. The molecule has 0 aliphatic carbocycles. The second kappa shape index (κ2) is 8.33. The zero-order valence-corrected chi connectivity index (χ0v) is 16.6. The molecular formula is C11H8F3NNaO5PS2. The minimum Gasteiger partial charge on any atom is -0.768 e. The fourth-order valence-corrected chi connectivity index (χ4v) is 4.97. The molecule has 0 spiro atoms. The third-order valence-corrected chi connectivity index (χ3v) is 6.42. The molecule has 24 heavy (non-hydrogen) atoms. The molecule has 126 valence electrons. The van der Waals surface area contributed by atoms with E-state index in [1.165, 1.54) is 17.5 Å². The van der Waals surface area contributed by atoms with Gasteiger partial charge in [0.2, 0.25) is 0 Å². The van der Waals surface area contributed by atoms with Gasteiger partial charge in [-0.05, 0) is 11.4 Å². The van der Waals surface area contributed by atoms with Crippen molar-refractivity contribution in [3.8, 4) is 5.75 Å². The Labute approximate surface area is 161 Å². The van der Waals surface area contributed by atoms with Gasteiger partial charge in [0, 0.05) is 12.1 Å². The standard InChI is InChI=1S/C11H9F3NO5PS2.Na/c12-7-4-8(13)11(9(14)5-7)20-21(16,17)6-15-23(18,19)10-2-1-3-22-10;/h1-5,15H,6H2,(H,16,17);/q;+1/p-1. The van der Waals surface area contributed by atoms with E-state index in [2.05, 4.69) is 4.52 Å². The van der Waals surface area contributed by atoms with Crippen molar-refractivity contribution in [2.75, 3.05) is 6.29 Å². The van der Waals surface area contributed by atoms with Crippen LogP contribution < -0.4 is 43.7 Å². The summed E-state index contributed by atoms with van der Waals surface area (Å²) in [6.07, 6.45) is -1.23. The monoisotopic (exact) mass is 409 g/mol. The van der Waals surface area contributed by atoms with Gasteiger partial charge in [0.05, 0.1) is 6.29 Å². The van der Waals surface area contributed by atoms with Gasteiger partial charge in [0.15, 0.2) is 25.0 Å². The van der Waals surface area contributed by atoms with Crippen molar-refractivity contribution >= 4 is 29.0 Å². The van der Waals surface area contributed by atoms with Gasteiger partial charge < -0.3 is 9.42 Å². The molecule has 1 N–H and O–H groups in total. The first-order chi connectivity index (χ1) is 10.6. The van der Waals surface area contributed by atoms with E-state index in [1.54, 1.807) is 4.72 Å². The van der Waals surface area contributed by atoms with Gasteiger partial charge in [-0.3, -0.25) is 4.57 Å². The number of sulfonamides is 1. The molecule has 0 radical (unpaired) electrons. The predicted octanol–water partition coefficient (Wildman–Crippen LogP) is -0.962. The van der Waals surface area contributed by atoms with Crippen LogP contribution in [0, 0.1) is 17.5 Å². The van der Waals surface area contributed by atoms with Gasteiger partial charge in [-0.25, -0.2) is 26.3 Å². The Morgan fingerprint density at radius 2 is 1.83 bits per heavy atom. The fraction of sp³-hybridized carbons (Fsp3) is 0.0909. The molecule has 0 bridgehead atoms. The average Bonchev–Trinajstić information content (AvgIpc) is 2.96. The van der Waals surface area contributed by atoms with Gasteiger partial charge >= 0.3 is 29.6 Å². The minimum atomic E-state index is -5.02. The third kappa shape index (κ3) is 5.57. The molecule has 2 rings (SSSR count). The summed E-state index contributed by atoms with van der Waals surface area (Å²) in [5, 5.41) is 1.46. The van der Waals surface area contributed by atoms with Gasteiger partial charge in [-0.2, -0.15) is 0 Å². The Balaban J connectivity index is 0.00000288. The molecule has 13 heteroatoms. The molecule has 0 saturated carbocycles. The second-order valence-electron chi connectivity index (χ2n) is 4.14. The smallest absolute Gasteiger partial charge is 0.768 e. The van der Waals surface area contributed by atoms with E-state index in [1.807, 2.05) is 0 Å². The Morgan fingerprint density at radius 1 is 1.25 bits per heavy atom. The number of thiophene rings is 1. The van der Waals surface area contributed by atoms with E-state index in [-0.39, 0.29) is 45.9 Å². The summed E-state index contributed by atoms with van der Waals surface area (Å²) in [7, 11) is -9.12. The van der Waals surface area contributed by atoms with Crippen LogP contribution in [0.5, 0.6) is 5.75 Å². The normalized spacial score (nSPS) is 13.8. The topological polar surface area (TPSA) is 95.5 Å². The zero-order chi connectivity index (χ0) is 17.3. The second-order valence-corrected chi connectivity index (χ2v) is 8.80. The maximum Gasteiger partial charge on any atom is 1.00 e. The first kappa shape index (κ1) is 21.7. The molecule has 1 aromatic carbocycles. The Hall–Kier alpha value is -0.390. The van der Waals surface area contributed by atoms with Crippen molar-refractivity contribution in [3.05, 3.63) is 47.1 Å². The molecule has 2 aromatic rings. The summed E-state index contributed by atoms with van der Waals surface area (Å²) in [6, 6.07) is 3.14. The molecule has 6 nitrogen and oxygen atoms in total. The molecule has 1 aromatic heterocycles. The van der Waals surface area contributed by atoms with Crippen molar-refractivity contribution in [1.29, 1.82) is 0 Å². The summed E-state index contributed by atoms with van der Waals surface area (Å²) in [6.45, 7) is 0. The third-order valence-electron chi connectivity index (χ3n) is 2.40. The van der Waals surface area contributed by atoms with Crippen LogP contribution >= 0.6 is 18.9 Å². The van der Waals surface area contributed by atoms with Crippen molar-refractivity contribution in [1.82, 2.24) is 4.72 Å². The largest absolute Gasteiger partial charge is 1.00 e. The van der Waals surface area contributed by atoms with Gasteiger partial charge in [0.25, 0.3) is 10.0 Å². The number of nitrogens with one attached hydrogen (secondary N) is 1. The first-order valence-electron chi connectivity index (χ1n) is 5.78. The first-order valence-corrected chi connectivity index (χ1v) is 9.87. The van der Waals surface area contributed by atoms with Crippen LogP contribution in [0.15, 0.2) is 33.9 Å². The van der Waals surface area contributed by atoms with E-state index in [0.717, 1.165) is 11.3 Å². The van der Waals surface area contributed by atoms with E-state index >= 15 is 0 Å². The van der Waals surface area contributed by atoms with Crippen molar-refractivity contribution in [2.24, 2.45) is 0 Å². The summed E-state index contributed by atoms with van der Waals surface area (Å²) in [4.78, 5) is 11.7. The molecule has 0 aliphatic heterocycles. The molecule has 1 unspecified atom stereocenters. The molecule has 0 aliphatic rings. The fourth-order valence-electron chi connectivity index (χ4n) is 1.44. The summed E-state index contributed by atoms with van der Waals surface area (Å²) >= 11 is 0.846. The molecule has 0 amide bonds. The van der Waals surface area contributed by atoms with Crippen LogP contribution in [0.4, 0.5) is 13.2 Å². The van der Waals surface area contributed by atoms with Crippen LogP contribution in [-0.4, -0.2) is 14.7 Å². The number of benzene rings is 1. The van der Waals surface area contributed by atoms with Crippen LogP contribution in [0.1, 0.15) is 0 Å². The summed E-state index contributed by atoms with van der Waals surface area (Å²) in [5.74, 6) is -5.73. The zero-order valence-electron chi connectivity index (χ0n) is 12.0. The number of halogens is 3. The average molecular weight is 409 g/mol. The quantitative estimate of drug-likeness (QED) is 0.490. The van der Waals surface area contributed by atoms with E-state index in [4.69, 9.17) is 0 Å². The number of rotatable bonds is 6. The number of hydrogen-bond donors (Lipinski definition) is 1. The van der Waals surface area contributed by atoms with E-state index in [0.29, 0.717) is 0 Å². The van der Waals surface area contributed by atoms with Crippen LogP contribution in [0.2, 0.25) is 0 Å². The van der Waals surface area contributed by atoms with E-state index in [9.17, 15) is 31.0 Å². The molecule has 1 atom stereocenters. The molecule has 0 saturated heterocycles. The van der Waals surface area contributed by atoms with Gasteiger partial charge in [-0.15, -0.1) is 11.3 Å². The van der Waals surface area contributed by atoms with Gasteiger partial charge in [0.1, 0.15) is 10.0 Å². The molecule has 1 heterocycles. The molecule has 0 fully saturated rings. The Morgan fingerprint density at radius 3 is 2.33 bits per heavy atom. The van der Waals surface area contributed by atoms with E-state index < -0.39 is 47.1 Å². The van der Waals surface area contributed by atoms with Gasteiger partial charge in [-0.1, -0.05) is 6.07 Å². The minimum absolute atomic E-state index is 0. The van der Waals surface area contributed by atoms with Crippen LogP contribution in [0.25, 0.3) is 0 Å².